The molecule has 1 aromatic rings. The molecule has 20 heavy (non-hydrogen) atoms. The summed E-state index contributed by atoms with van der Waals surface area (Å²) in [7, 11) is 0. The Kier molecular flexibility index (Phi) is 3.40. The first-order valence-corrected chi connectivity index (χ1v) is 6.57. The zero-order chi connectivity index (χ0) is 15.0. The Morgan fingerprint density at radius 1 is 1.25 bits per heavy atom. The minimum atomic E-state index is -0.917. The summed E-state index contributed by atoms with van der Waals surface area (Å²) in [5, 5.41) is 3.54. The van der Waals surface area contributed by atoms with Gasteiger partial charge >= 0.3 is 0 Å². The van der Waals surface area contributed by atoms with E-state index in [9.17, 15) is 9.59 Å². The zero-order valence-corrected chi connectivity index (χ0v) is 11.9. The van der Waals surface area contributed by atoms with Gasteiger partial charge in [-0.1, -0.05) is 50.2 Å². The van der Waals surface area contributed by atoms with E-state index in [0.717, 1.165) is 0 Å². The largest absolute Gasteiger partial charge is 0.298 e. The molecule has 1 aliphatic carbocycles. The van der Waals surface area contributed by atoms with Crippen molar-refractivity contribution in [1.82, 2.24) is 0 Å². The third-order valence-corrected chi connectivity index (χ3v) is 3.60. The van der Waals surface area contributed by atoms with Crippen LogP contribution < -0.4 is 0 Å². The first kappa shape index (κ1) is 14.3. The molecule has 0 radical (unpaired) electrons. The molecule has 0 bridgehead atoms. The van der Waals surface area contributed by atoms with Crippen molar-refractivity contribution in [3.63, 3.8) is 0 Å². The van der Waals surface area contributed by atoms with Crippen LogP contribution in [-0.2, 0) is 4.79 Å². The Hall–Kier alpha value is -2.13. The summed E-state index contributed by atoms with van der Waals surface area (Å²) in [6.07, 6.45) is 1.15. The van der Waals surface area contributed by atoms with Crippen molar-refractivity contribution in [2.75, 3.05) is 0 Å². The second-order valence-electron chi connectivity index (χ2n) is 6.20. The number of rotatable bonds is 4. The molecule has 0 aromatic heterocycles. The second-order valence-corrected chi connectivity index (χ2v) is 6.20. The Morgan fingerprint density at radius 3 is 2.35 bits per heavy atom. The summed E-state index contributed by atoms with van der Waals surface area (Å²) in [5.74, 6) is -0.258. The highest BCUT2D eigenvalue weighted by Crippen LogP contribution is 2.53. The third-order valence-electron chi connectivity index (χ3n) is 3.60. The molecule has 0 heterocycles. The predicted molar refractivity (Wildman–Crippen MR) is 75.7 cm³/mol. The van der Waals surface area contributed by atoms with Crippen LogP contribution in [0.2, 0.25) is 0 Å². The molecular formula is C15H17N3O2. The van der Waals surface area contributed by atoms with E-state index in [4.69, 9.17) is 5.53 Å². The minimum Gasteiger partial charge on any atom is -0.298 e. The van der Waals surface area contributed by atoms with Crippen molar-refractivity contribution >= 4 is 17.3 Å². The Morgan fingerprint density at radius 2 is 1.85 bits per heavy atom. The number of hydrogen-bond acceptors (Lipinski definition) is 3. The number of carbonyl (C=O) groups excluding carboxylic acids is 2. The SMILES string of the molecule is CC(C)(C)C(=O)C1(C(=O)c2ccccc2N=[N+]=[N-])CC1. The molecule has 1 aromatic carbocycles. The second kappa shape index (κ2) is 4.76. The van der Waals surface area contributed by atoms with E-state index in [0.29, 0.717) is 18.4 Å². The molecule has 0 aliphatic heterocycles. The van der Waals surface area contributed by atoms with E-state index >= 15 is 0 Å². The number of nitrogens with zero attached hydrogens (tertiary/aromatic N) is 3. The van der Waals surface area contributed by atoms with Gasteiger partial charge in [0.15, 0.2) is 11.6 Å². The van der Waals surface area contributed by atoms with Crippen LogP contribution in [0.1, 0.15) is 44.0 Å². The molecule has 0 atom stereocenters. The average molecular weight is 271 g/mol. The highest BCUT2D eigenvalue weighted by molar-refractivity contribution is 6.19. The monoisotopic (exact) mass is 271 g/mol. The Bertz CT molecular complexity index is 618. The van der Waals surface area contributed by atoms with Gasteiger partial charge < -0.3 is 0 Å². The molecule has 2 rings (SSSR count). The molecular weight excluding hydrogens is 254 g/mol. The first-order valence-electron chi connectivity index (χ1n) is 6.57. The van der Waals surface area contributed by atoms with E-state index < -0.39 is 10.8 Å². The Labute approximate surface area is 117 Å². The van der Waals surface area contributed by atoms with Gasteiger partial charge in [-0.25, -0.2) is 0 Å². The maximum absolute atomic E-state index is 12.7. The standard InChI is InChI=1S/C15H17N3O2/c1-14(2,3)13(20)15(8-9-15)12(19)10-6-4-5-7-11(10)17-18-16/h4-7H,8-9H2,1-3H3. The van der Waals surface area contributed by atoms with Gasteiger partial charge in [-0.05, 0) is 18.4 Å². The van der Waals surface area contributed by atoms with Gasteiger partial charge in [-0.3, -0.25) is 9.59 Å². The lowest BCUT2D eigenvalue weighted by atomic mass is 9.77. The molecule has 5 nitrogen and oxygen atoms in total. The van der Waals surface area contributed by atoms with E-state index in [1.54, 1.807) is 24.3 Å². The molecule has 0 N–H and O–H groups in total. The van der Waals surface area contributed by atoms with Gasteiger partial charge in [0.05, 0.1) is 5.41 Å². The van der Waals surface area contributed by atoms with E-state index in [1.165, 1.54) is 0 Å². The van der Waals surface area contributed by atoms with Crippen molar-refractivity contribution < 1.29 is 9.59 Å². The van der Waals surface area contributed by atoms with E-state index in [1.807, 2.05) is 20.8 Å². The van der Waals surface area contributed by atoms with Crippen molar-refractivity contribution in [1.29, 1.82) is 0 Å². The number of azide groups is 1. The van der Waals surface area contributed by atoms with Crippen LogP contribution in [0.5, 0.6) is 0 Å². The van der Waals surface area contributed by atoms with Crippen LogP contribution in [0.3, 0.4) is 0 Å². The summed E-state index contributed by atoms with van der Waals surface area (Å²) >= 11 is 0. The number of carbonyl (C=O) groups is 2. The lowest BCUT2D eigenvalue weighted by Crippen LogP contribution is -2.35. The summed E-state index contributed by atoms with van der Waals surface area (Å²) in [6, 6.07) is 6.61. The first-order chi connectivity index (χ1) is 9.33. The molecule has 0 amide bonds. The average Bonchev–Trinajstić information content (AvgIpc) is 3.18. The van der Waals surface area contributed by atoms with Crippen molar-refractivity contribution in [2.45, 2.75) is 33.6 Å². The fraction of sp³-hybridized carbons (Fsp3) is 0.467. The van der Waals surface area contributed by atoms with Crippen molar-refractivity contribution in [2.24, 2.45) is 15.9 Å². The van der Waals surface area contributed by atoms with Gasteiger partial charge in [-0.15, -0.1) is 0 Å². The molecule has 1 aliphatic rings. The summed E-state index contributed by atoms with van der Waals surface area (Å²) in [5.41, 5.74) is 7.71. The molecule has 104 valence electrons. The van der Waals surface area contributed by atoms with Gasteiger partial charge in [0.25, 0.3) is 0 Å². The summed E-state index contributed by atoms with van der Waals surface area (Å²) in [4.78, 5) is 27.9. The zero-order valence-electron chi connectivity index (χ0n) is 11.9. The van der Waals surface area contributed by atoms with Crippen LogP contribution in [-0.4, -0.2) is 11.6 Å². The molecule has 0 spiro atoms. The van der Waals surface area contributed by atoms with Crippen LogP contribution >= 0.6 is 0 Å². The van der Waals surface area contributed by atoms with Gasteiger partial charge in [0.1, 0.15) is 0 Å². The minimum absolute atomic E-state index is 0.0364. The molecule has 0 saturated heterocycles. The molecule has 5 heteroatoms. The molecule has 0 unspecified atom stereocenters. The molecule has 1 fully saturated rings. The number of Topliss-reactive ketones (excluding diaryl/α,β-unsaturated/α-hetero) is 2. The smallest absolute Gasteiger partial charge is 0.176 e. The van der Waals surface area contributed by atoms with E-state index in [-0.39, 0.29) is 17.3 Å². The fourth-order valence-corrected chi connectivity index (χ4v) is 2.46. The van der Waals surface area contributed by atoms with Crippen molar-refractivity contribution in [3.8, 4) is 0 Å². The lowest BCUT2D eigenvalue weighted by molar-refractivity contribution is -0.130. The van der Waals surface area contributed by atoms with Crippen LogP contribution in [0, 0.1) is 10.8 Å². The van der Waals surface area contributed by atoms with Crippen molar-refractivity contribution in [3.05, 3.63) is 40.3 Å². The fourth-order valence-electron chi connectivity index (χ4n) is 2.46. The molecule has 1 saturated carbocycles. The number of hydrogen-bond donors (Lipinski definition) is 0. The normalized spacial score (nSPS) is 16.1. The summed E-state index contributed by atoms with van der Waals surface area (Å²) < 4.78 is 0. The quantitative estimate of drug-likeness (QED) is 0.270. The van der Waals surface area contributed by atoms with E-state index in [2.05, 4.69) is 10.0 Å². The Balaban J connectivity index is 2.43. The topological polar surface area (TPSA) is 82.9 Å². The van der Waals surface area contributed by atoms with Crippen LogP contribution in [0.4, 0.5) is 5.69 Å². The highest BCUT2D eigenvalue weighted by Gasteiger charge is 2.58. The predicted octanol–water partition coefficient (Wildman–Crippen LogP) is 4.21. The maximum Gasteiger partial charge on any atom is 0.176 e. The van der Waals surface area contributed by atoms with Gasteiger partial charge in [0, 0.05) is 21.6 Å². The van der Waals surface area contributed by atoms with Crippen LogP contribution in [0.15, 0.2) is 29.4 Å². The number of benzene rings is 1. The maximum atomic E-state index is 12.7. The van der Waals surface area contributed by atoms with Gasteiger partial charge in [-0.2, -0.15) is 0 Å². The summed E-state index contributed by atoms with van der Waals surface area (Å²) in [6.45, 7) is 5.46. The van der Waals surface area contributed by atoms with Gasteiger partial charge in [0.2, 0.25) is 0 Å². The number of ketones is 2. The highest BCUT2D eigenvalue weighted by atomic mass is 16.2. The third kappa shape index (κ3) is 2.32. The van der Waals surface area contributed by atoms with Crippen LogP contribution in [0.25, 0.3) is 10.4 Å². The lowest BCUT2D eigenvalue weighted by Gasteiger charge is -2.23.